The Kier molecular flexibility index (Phi) is 10.7. The van der Waals surface area contributed by atoms with Crippen molar-refractivity contribution in [1.29, 1.82) is 0 Å². The molecular formula is C32H38N6O9S. The summed E-state index contributed by atoms with van der Waals surface area (Å²) in [5, 5.41) is 18.2. The Morgan fingerprint density at radius 3 is 2.52 bits per heavy atom. The van der Waals surface area contributed by atoms with Gasteiger partial charge in [0.05, 0.1) is 17.0 Å². The molecule has 2 aliphatic rings. The Labute approximate surface area is 278 Å². The molecule has 2 aliphatic heterocycles. The molecule has 1 saturated heterocycles. The van der Waals surface area contributed by atoms with Gasteiger partial charge in [-0.3, -0.25) is 9.59 Å². The first-order chi connectivity index (χ1) is 22.9. The Hall–Kier alpha value is -4.93. The lowest BCUT2D eigenvalue weighted by atomic mass is 10.1. The summed E-state index contributed by atoms with van der Waals surface area (Å²) >= 11 is 0. The molecule has 1 aromatic heterocycles. The maximum Gasteiger partial charge on any atom is 0.323 e. The number of benzene rings is 2. The van der Waals surface area contributed by atoms with Gasteiger partial charge in [0.15, 0.2) is 11.5 Å². The molecule has 0 spiro atoms. The Morgan fingerprint density at radius 2 is 1.81 bits per heavy atom. The summed E-state index contributed by atoms with van der Waals surface area (Å²) in [4.78, 5) is 43.9. The lowest BCUT2D eigenvalue weighted by Crippen LogP contribution is -2.49. The van der Waals surface area contributed by atoms with Gasteiger partial charge in [-0.2, -0.15) is 4.72 Å². The summed E-state index contributed by atoms with van der Waals surface area (Å²) < 4.78 is 45.0. The molecule has 5 rings (SSSR count). The molecule has 3 heterocycles. The van der Waals surface area contributed by atoms with Crippen molar-refractivity contribution >= 4 is 39.4 Å². The first kappa shape index (κ1) is 34.4. The van der Waals surface area contributed by atoms with E-state index < -0.39 is 47.2 Å². The minimum Gasteiger partial charge on any atom is -0.480 e. The number of likely N-dealkylation sites (tertiary alicyclic amines) is 1. The van der Waals surface area contributed by atoms with E-state index in [4.69, 9.17) is 14.2 Å². The number of rotatable bonds is 13. The van der Waals surface area contributed by atoms with Crippen LogP contribution in [0.3, 0.4) is 0 Å². The van der Waals surface area contributed by atoms with E-state index in [1.54, 1.807) is 67.4 Å². The standard InChI is InChI=1S/C32H38N6O9S/c1-19-10-20(2)30(21(3)11-19)48(43,44)37-25(31(40)41)15-35-29(39)17-45-24-13-23(14-34-28-6-4-5-9-33-28)38(16-24)32(42)36-22-7-8-26-27(12-22)47-18-46-26/h4-12,23-25,37H,13-18H2,1-3H3,(H,33,34)(H,35,39)(H,36,42)(H,40,41). The molecule has 0 aliphatic carbocycles. The fourth-order valence-corrected chi connectivity index (χ4v) is 7.41. The van der Waals surface area contributed by atoms with Crippen molar-refractivity contribution in [3.8, 4) is 11.5 Å². The number of anilines is 2. The van der Waals surface area contributed by atoms with Crippen LogP contribution < -0.4 is 30.1 Å². The predicted molar refractivity (Wildman–Crippen MR) is 175 cm³/mol. The maximum atomic E-state index is 13.4. The predicted octanol–water partition coefficient (Wildman–Crippen LogP) is 2.39. The number of hydrogen-bond donors (Lipinski definition) is 5. The number of pyridine rings is 1. The van der Waals surface area contributed by atoms with Crippen molar-refractivity contribution in [1.82, 2.24) is 19.9 Å². The summed E-state index contributed by atoms with van der Waals surface area (Å²) in [6.45, 7) is 4.79. The zero-order valence-corrected chi connectivity index (χ0v) is 27.5. The number of hydrogen-bond acceptors (Lipinski definition) is 10. The smallest absolute Gasteiger partial charge is 0.323 e. The number of carboxylic acid groups (broad SMARTS) is 1. The number of aliphatic carboxylic acids is 1. The number of aromatic nitrogens is 1. The van der Waals surface area contributed by atoms with E-state index in [1.807, 2.05) is 13.0 Å². The highest BCUT2D eigenvalue weighted by atomic mass is 32.2. The van der Waals surface area contributed by atoms with Crippen LogP contribution in [-0.4, -0.2) is 92.5 Å². The zero-order chi connectivity index (χ0) is 34.4. The van der Waals surface area contributed by atoms with Crippen molar-refractivity contribution in [2.24, 2.45) is 0 Å². The second-order valence-corrected chi connectivity index (χ2v) is 13.3. The van der Waals surface area contributed by atoms with E-state index in [-0.39, 0.29) is 30.3 Å². The molecule has 2 aromatic carbocycles. The summed E-state index contributed by atoms with van der Waals surface area (Å²) in [6, 6.07) is 11.6. The highest BCUT2D eigenvalue weighted by Crippen LogP contribution is 2.34. The SMILES string of the molecule is Cc1cc(C)c(S(=O)(=O)NC(CNC(=O)COC2CC(CNc3ccccn3)N(C(=O)Nc3ccc4c(c3)OCO4)C2)C(=O)O)c(C)c1. The number of fused-ring (bicyclic) bond motifs is 1. The van der Waals surface area contributed by atoms with Gasteiger partial charge < -0.3 is 40.2 Å². The summed E-state index contributed by atoms with van der Waals surface area (Å²) in [5.74, 6) is -0.358. The van der Waals surface area contributed by atoms with Crippen molar-refractivity contribution in [2.45, 2.75) is 50.3 Å². The van der Waals surface area contributed by atoms with Gasteiger partial charge in [0.1, 0.15) is 18.5 Å². The number of aryl methyl sites for hydroxylation is 3. The molecule has 0 saturated carbocycles. The highest BCUT2D eigenvalue weighted by Gasteiger charge is 2.36. The van der Waals surface area contributed by atoms with E-state index in [0.717, 1.165) is 5.56 Å². The molecule has 48 heavy (non-hydrogen) atoms. The van der Waals surface area contributed by atoms with Crippen LogP contribution in [0.25, 0.3) is 0 Å². The monoisotopic (exact) mass is 682 g/mol. The third kappa shape index (κ3) is 8.50. The fraction of sp³-hybridized carbons (Fsp3) is 0.375. The van der Waals surface area contributed by atoms with E-state index in [0.29, 0.717) is 47.1 Å². The molecule has 0 radical (unpaired) electrons. The molecule has 1 fully saturated rings. The number of amides is 3. The topological polar surface area (TPSA) is 198 Å². The molecule has 3 amide bonds. The fourth-order valence-electron chi connectivity index (χ4n) is 5.77. The number of nitrogens with zero attached hydrogens (tertiary/aromatic N) is 2. The number of carboxylic acids is 1. The zero-order valence-electron chi connectivity index (χ0n) is 26.7. The number of carbonyl (C=O) groups excluding carboxylic acids is 2. The lowest BCUT2D eigenvalue weighted by molar-refractivity contribution is -0.139. The third-order valence-electron chi connectivity index (χ3n) is 7.87. The Morgan fingerprint density at radius 1 is 1.06 bits per heavy atom. The molecule has 0 bridgehead atoms. The van der Waals surface area contributed by atoms with E-state index >= 15 is 0 Å². The summed E-state index contributed by atoms with van der Waals surface area (Å²) in [5.41, 5.74) is 2.34. The van der Waals surface area contributed by atoms with Crippen LogP contribution in [0.5, 0.6) is 11.5 Å². The Balaban J connectivity index is 1.17. The Bertz CT molecular complexity index is 1750. The lowest BCUT2D eigenvalue weighted by Gasteiger charge is -2.25. The van der Waals surface area contributed by atoms with Crippen LogP contribution >= 0.6 is 0 Å². The molecule has 15 nitrogen and oxygen atoms in total. The van der Waals surface area contributed by atoms with Gasteiger partial charge in [-0.1, -0.05) is 23.8 Å². The average molecular weight is 683 g/mol. The van der Waals surface area contributed by atoms with Crippen LogP contribution in [0, 0.1) is 20.8 Å². The van der Waals surface area contributed by atoms with E-state index in [1.165, 1.54) is 0 Å². The van der Waals surface area contributed by atoms with Gasteiger partial charge in [-0.05, 0) is 62.6 Å². The van der Waals surface area contributed by atoms with Gasteiger partial charge in [0, 0.05) is 37.6 Å². The minimum atomic E-state index is -4.21. The van der Waals surface area contributed by atoms with Gasteiger partial charge >= 0.3 is 12.0 Å². The molecule has 256 valence electrons. The second kappa shape index (κ2) is 14.9. The van der Waals surface area contributed by atoms with Gasteiger partial charge in [0.25, 0.3) is 0 Å². The number of ether oxygens (including phenoxy) is 3. The molecule has 3 atom stereocenters. The van der Waals surface area contributed by atoms with Gasteiger partial charge in [-0.15, -0.1) is 0 Å². The molecular weight excluding hydrogens is 644 g/mol. The molecule has 3 aromatic rings. The van der Waals surface area contributed by atoms with Crippen LogP contribution in [0.4, 0.5) is 16.3 Å². The quantitative estimate of drug-likeness (QED) is 0.178. The minimum absolute atomic E-state index is 0.00514. The first-order valence-corrected chi connectivity index (χ1v) is 16.7. The average Bonchev–Trinajstić information content (AvgIpc) is 3.67. The van der Waals surface area contributed by atoms with Gasteiger partial charge in [0.2, 0.25) is 22.7 Å². The highest BCUT2D eigenvalue weighted by molar-refractivity contribution is 7.89. The van der Waals surface area contributed by atoms with Crippen LogP contribution in [0.1, 0.15) is 23.1 Å². The van der Waals surface area contributed by atoms with Crippen molar-refractivity contribution < 1.29 is 42.1 Å². The summed E-state index contributed by atoms with van der Waals surface area (Å²) in [6.07, 6.45) is 1.53. The number of urea groups is 1. The van der Waals surface area contributed by atoms with Crippen LogP contribution in [-0.2, 0) is 24.3 Å². The van der Waals surface area contributed by atoms with Crippen molar-refractivity contribution in [2.75, 3.05) is 43.7 Å². The van der Waals surface area contributed by atoms with Crippen molar-refractivity contribution in [3.05, 3.63) is 71.4 Å². The molecule has 5 N–H and O–H groups in total. The van der Waals surface area contributed by atoms with E-state index in [2.05, 4.69) is 25.7 Å². The molecule has 16 heteroatoms. The number of sulfonamides is 1. The van der Waals surface area contributed by atoms with Crippen molar-refractivity contribution in [3.63, 3.8) is 0 Å². The normalized spacial score (nSPS) is 17.5. The number of nitrogens with one attached hydrogen (secondary N) is 4. The largest absolute Gasteiger partial charge is 0.480 e. The second-order valence-electron chi connectivity index (χ2n) is 11.6. The van der Waals surface area contributed by atoms with Gasteiger partial charge in [-0.25, -0.2) is 18.2 Å². The first-order valence-electron chi connectivity index (χ1n) is 15.2. The summed E-state index contributed by atoms with van der Waals surface area (Å²) in [7, 11) is -4.21. The third-order valence-corrected chi connectivity index (χ3v) is 9.64. The van der Waals surface area contributed by atoms with Crippen LogP contribution in [0.2, 0.25) is 0 Å². The van der Waals surface area contributed by atoms with E-state index in [9.17, 15) is 27.9 Å². The molecule has 3 unspecified atom stereocenters. The maximum absolute atomic E-state index is 13.4. The number of carbonyl (C=O) groups is 3. The van der Waals surface area contributed by atoms with Crippen LogP contribution in [0.15, 0.2) is 59.6 Å².